The molecule has 0 bridgehead atoms. The molecule has 0 aliphatic rings. The number of sulfone groups is 1. The first-order valence-electron chi connectivity index (χ1n) is 7.88. The third kappa shape index (κ3) is 4.73. The number of carbonyl (C=O) groups is 1. The summed E-state index contributed by atoms with van der Waals surface area (Å²) in [5.74, 6) is 4.85. The molecule has 0 aliphatic carbocycles. The van der Waals surface area contributed by atoms with Gasteiger partial charge in [0.1, 0.15) is 0 Å². The second-order valence-electron chi connectivity index (χ2n) is 6.13. The summed E-state index contributed by atoms with van der Waals surface area (Å²) in [6.45, 7) is 1.39. The number of hydroxylamine groups is 1. The number of aromatic nitrogens is 2. The molecule has 1 heterocycles. The van der Waals surface area contributed by atoms with E-state index in [9.17, 15) is 13.2 Å². The minimum Gasteiger partial charge on any atom is -0.289 e. The molecule has 0 aliphatic heterocycles. The van der Waals surface area contributed by atoms with Crippen LogP contribution in [0, 0.1) is 23.2 Å². The molecule has 0 radical (unpaired) electrons. The third-order valence-electron chi connectivity index (χ3n) is 4.19. The first-order chi connectivity index (χ1) is 12.7. The summed E-state index contributed by atoms with van der Waals surface area (Å²) >= 11 is 0. The van der Waals surface area contributed by atoms with Crippen LogP contribution in [0.15, 0.2) is 36.7 Å². The van der Waals surface area contributed by atoms with Crippen molar-refractivity contribution >= 4 is 15.7 Å². The number of hydrogen-bond acceptors (Lipinski definition) is 6. The van der Waals surface area contributed by atoms with E-state index in [2.05, 4.69) is 16.9 Å². The molecule has 0 saturated heterocycles. The lowest BCUT2D eigenvalue weighted by Gasteiger charge is -2.24. The second-order valence-corrected chi connectivity index (χ2v) is 8.57. The maximum atomic E-state index is 11.9. The van der Waals surface area contributed by atoms with Gasteiger partial charge in [-0.25, -0.2) is 13.9 Å². The van der Waals surface area contributed by atoms with Crippen LogP contribution in [0.5, 0.6) is 0 Å². The molecule has 0 spiro atoms. The summed E-state index contributed by atoms with van der Waals surface area (Å²) < 4.78 is 23.6. The predicted molar refractivity (Wildman–Crippen MR) is 97.2 cm³/mol. The Morgan fingerprint density at radius 3 is 2.63 bits per heavy atom. The van der Waals surface area contributed by atoms with Crippen LogP contribution in [0.2, 0.25) is 0 Å². The number of benzene rings is 1. The average molecular weight is 386 g/mol. The Morgan fingerprint density at radius 2 is 2.00 bits per heavy atom. The molecule has 1 aromatic heterocycles. The fourth-order valence-electron chi connectivity index (χ4n) is 2.27. The molecule has 1 amide bonds. The summed E-state index contributed by atoms with van der Waals surface area (Å²) in [4.78, 5) is 11.8. The molecule has 9 heteroatoms. The number of hydrogen-bond donors (Lipinski definition) is 2. The van der Waals surface area contributed by atoms with Gasteiger partial charge < -0.3 is 0 Å². The Bertz CT molecular complexity index is 1060. The lowest BCUT2D eigenvalue weighted by atomic mass is 10.1. The SMILES string of the molecule is C[C@@](CCn1cc(C#Cc2cccc(C#N)c2)cn1)(C(=O)NO)S(C)(=O)=O. The van der Waals surface area contributed by atoms with E-state index in [4.69, 9.17) is 10.5 Å². The number of aryl methyl sites for hydroxylation is 1. The van der Waals surface area contributed by atoms with E-state index in [-0.39, 0.29) is 13.0 Å². The van der Waals surface area contributed by atoms with E-state index in [1.165, 1.54) is 23.3 Å². The van der Waals surface area contributed by atoms with Gasteiger partial charge in [-0.05, 0) is 31.5 Å². The molecule has 0 unspecified atom stereocenters. The molecular weight excluding hydrogens is 368 g/mol. The van der Waals surface area contributed by atoms with E-state index in [0.29, 0.717) is 16.7 Å². The molecule has 1 atom stereocenters. The zero-order valence-electron chi connectivity index (χ0n) is 14.8. The number of nitrogens with one attached hydrogen (secondary N) is 1. The molecule has 2 rings (SSSR count). The van der Waals surface area contributed by atoms with Crippen LogP contribution in [-0.2, 0) is 21.2 Å². The normalized spacial score (nSPS) is 13.0. The van der Waals surface area contributed by atoms with Gasteiger partial charge in [0.2, 0.25) is 0 Å². The summed E-state index contributed by atoms with van der Waals surface area (Å²) in [7, 11) is -3.76. The van der Waals surface area contributed by atoms with E-state index < -0.39 is 20.5 Å². The van der Waals surface area contributed by atoms with E-state index >= 15 is 0 Å². The highest BCUT2D eigenvalue weighted by molar-refractivity contribution is 7.92. The fourth-order valence-corrected chi connectivity index (χ4v) is 3.12. The van der Waals surface area contributed by atoms with Crippen molar-refractivity contribution < 1.29 is 18.4 Å². The van der Waals surface area contributed by atoms with Crippen molar-refractivity contribution in [2.75, 3.05) is 6.26 Å². The highest BCUT2D eigenvalue weighted by atomic mass is 32.2. The largest absolute Gasteiger partial charge is 0.289 e. The van der Waals surface area contributed by atoms with E-state index in [1.807, 2.05) is 6.07 Å². The molecule has 0 saturated carbocycles. The van der Waals surface area contributed by atoms with Gasteiger partial charge in [0, 0.05) is 24.6 Å². The summed E-state index contributed by atoms with van der Waals surface area (Å²) in [6, 6.07) is 8.92. The van der Waals surface area contributed by atoms with Crippen molar-refractivity contribution in [3.63, 3.8) is 0 Å². The van der Waals surface area contributed by atoms with Crippen LogP contribution < -0.4 is 5.48 Å². The van der Waals surface area contributed by atoms with Crippen LogP contribution >= 0.6 is 0 Å². The predicted octanol–water partition coefficient (Wildman–Crippen LogP) is 0.853. The number of rotatable bonds is 5. The van der Waals surface area contributed by atoms with Gasteiger partial charge in [-0.1, -0.05) is 17.9 Å². The average Bonchev–Trinajstić information content (AvgIpc) is 3.11. The Balaban J connectivity index is 2.14. The number of amides is 1. The van der Waals surface area contributed by atoms with Gasteiger partial charge in [-0.2, -0.15) is 10.4 Å². The van der Waals surface area contributed by atoms with Gasteiger partial charge in [-0.15, -0.1) is 0 Å². The Kier molecular flexibility index (Phi) is 6.01. The molecule has 27 heavy (non-hydrogen) atoms. The second kappa shape index (κ2) is 8.04. The summed E-state index contributed by atoms with van der Waals surface area (Å²) in [6.07, 6.45) is 4.01. The van der Waals surface area contributed by atoms with Gasteiger partial charge in [0.15, 0.2) is 14.6 Å². The van der Waals surface area contributed by atoms with Crippen LogP contribution in [0.4, 0.5) is 0 Å². The first kappa shape index (κ1) is 20.2. The maximum Gasteiger partial charge on any atom is 0.264 e. The maximum absolute atomic E-state index is 11.9. The molecular formula is C18H18N4O4S. The standard InChI is InChI=1S/C18H18N4O4S/c1-18(17(23)21-24,27(2,25)26)8-9-22-13-16(12-20-22)7-6-14-4-3-5-15(10-14)11-19/h3-5,10,12-13,24H,8-9H2,1-2H3,(H,21,23)/t18-/m1/s1. The molecule has 8 nitrogen and oxygen atoms in total. The van der Waals surface area contributed by atoms with Gasteiger partial charge in [-0.3, -0.25) is 14.7 Å². The van der Waals surface area contributed by atoms with Crippen LogP contribution in [0.3, 0.4) is 0 Å². The quantitative estimate of drug-likeness (QED) is 0.446. The highest BCUT2D eigenvalue weighted by Crippen LogP contribution is 2.22. The highest BCUT2D eigenvalue weighted by Gasteiger charge is 2.43. The fraction of sp³-hybridized carbons (Fsp3) is 0.278. The van der Waals surface area contributed by atoms with E-state index in [0.717, 1.165) is 6.26 Å². The molecule has 2 aromatic rings. The smallest absolute Gasteiger partial charge is 0.264 e. The van der Waals surface area contributed by atoms with Crippen LogP contribution in [0.25, 0.3) is 0 Å². The molecule has 0 fully saturated rings. The van der Waals surface area contributed by atoms with Crippen molar-refractivity contribution in [2.24, 2.45) is 0 Å². The monoisotopic (exact) mass is 386 g/mol. The Labute approximate surface area is 157 Å². The number of nitrogens with zero attached hydrogens (tertiary/aromatic N) is 3. The lowest BCUT2D eigenvalue weighted by Crippen LogP contribution is -2.49. The Morgan fingerprint density at radius 1 is 1.33 bits per heavy atom. The minimum absolute atomic E-state index is 0.0724. The molecule has 1 aromatic carbocycles. The van der Waals surface area contributed by atoms with Crippen LogP contribution in [0.1, 0.15) is 30.0 Å². The number of nitriles is 1. The zero-order chi connectivity index (χ0) is 20.1. The van der Waals surface area contributed by atoms with Gasteiger partial charge in [0.05, 0.1) is 23.4 Å². The van der Waals surface area contributed by atoms with Gasteiger partial charge in [0.25, 0.3) is 5.91 Å². The summed E-state index contributed by atoms with van der Waals surface area (Å²) in [5.41, 5.74) is 3.21. The lowest BCUT2D eigenvalue weighted by molar-refractivity contribution is -0.131. The minimum atomic E-state index is -3.76. The van der Waals surface area contributed by atoms with Crippen molar-refractivity contribution in [3.8, 4) is 17.9 Å². The van der Waals surface area contributed by atoms with Gasteiger partial charge >= 0.3 is 0 Å². The molecule has 140 valence electrons. The van der Waals surface area contributed by atoms with Crippen molar-refractivity contribution in [2.45, 2.75) is 24.6 Å². The first-order valence-corrected chi connectivity index (χ1v) is 9.77. The third-order valence-corrected chi connectivity index (χ3v) is 6.22. The van der Waals surface area contributed by atoms with Crippen LogP contribution in [-0.4, -0.2) is 40.3 Å². The van der Waals surface area contributed by atoms with E-state index in [1.54, 1.807) is 30.5 Å². The zero-order valence-corrected chi connectivity index (χ0v) is 15.6. The van der Waals surface area contributed by atoms with Crippen molar-refractivity contribution in [3.05, 3.63) is 53.3 Å². The topological polar surface area (TPSA) is 125 Å². The molecule has 2 N–H and O–H groups in total. The Hall–Kier alpha value is -3.14. The summed E-state index contributed by atoms with van der Waals surface area (Å²) in [5, 5.41) is 21.8. The van der Waals surface area contributed by atoms with Crippen molar-refractivity contribution in [1.29, 1.82) is 5.26 Å². The number of carbonyl (C=O) groups excluding carboxylic acids is 1. The van der Waals surface area contributed by atoms with Crippen molar-refractivity contribution in [1.82, 2.24) is 15.3 Å².